The Labute approximate surface area is 259 Å². The van der Waals surface area contributed by atoms with Crippen LogP contribution in [-0.4, -0.2) is 84.3 Å². The zero-order chi connectivity index (χ0) is 31.3. The second kappa shape index (κ2) is 13.3. The number of halogens is 2. The topological polar surface area (TPSA) is 177 Å². The van der Waals surface area contributed by atoms with Gasteiger partial charge in [0.15, 0.2) is 0 Å². The molecule has 6 rings (SSSR count). The van der Waals surface area contributed by atoms with E-state index < -0.39 is 18.1 Å². The normalized spacial score (nSPS) is 14.0. The van der Waals surface area contributed by atoms with E-state index in [1.165, 1.54) is 33.9 Å². The van der Waals surface area contributed by atoms with Crippen LogP contribution in [0.5, 0.6) is 0 Å². The number of hydrogen-bond donors (Lipinski definition) is 2. The molecule has 1 aliphatic rings. The number of aromatic nitrogens is 9. The van der Waals surface area contributed by atoms with Crippen molar-refractivity contribution in [2.75, 3.05) is 38.9 Å². The van der Waals surface area contributed by atoms with Crippen molar-refractivity contribution >= 4 is 23.5 Å². The third kappa shape index (κ3) is 6.57. The van der Waals surface area contributed by atoms with Gasteiger partial charge in [0.2, 0.25) is 5.95 Å². The molecule has 15 nitrogen and oxygen atoms in total. The van der Waals surface area contributed by atoms with Gasteiger partial charge < -0.3 is 19.2 Å². The van der Waals surface area contributed by atoms with Crippen LogP contribution in [0.4, 0.5) is 15.0 Å². The lowest BCUT2D eigenvalue weighted by Crippen LogP contribution is -2.25. The summed E-state index contributed by atoms with van der Waals surface area (Å²) in [5.74, 6) is 0.254. The highest BCUT2D eigenvalue weighted by Crippen LogP contribution is 2.33. The second-order valence-corrected chi connectivity index (χ2v) is 10.3. The van der Waals surface area contributed by atoms with Crippen LogP contribution >= 0.6 is 11.6 Å². The molecule has 5 heterocycles. The van der Waals surface area contributed by atoms with Crippen molar-refractivity contribution in [3.63, 3.8) is 0 Å². The molecule has 0 fully saturated rings. The predicted octanol–water partition coefficient (Wildman–Crippen LogP) is 3.21. The molecule has 1 aliphatic heterocycles. The number of carbonyl (C=O) groups excluding carboxylic acids is 1. The summed E-state index contributed by atoms with van der Waals surface area (Å²) in [5, 5.41) is 14.3. The molecule has 0 saturated heterocycles. The first-order chi connectivity index (χ1) is 21.9. The number of ether oxygens (including phenoxy) is 3. The van der Waals surface area contributed by atoms with Gasteiger partial charge in [-0.2, -0.15) is 9.07 Å². The maximum absolute atomic E-state index is 15.1. The SMILES string of the molecule is COCCOCCOC(=O)Nc1ccc(-c2[nH]c(C3CCc4nc(-c5cc(Cl)ccc5-n5cnnn5)cc(=O)n43)nc2F)cn1. The summed E-state index contributed by atoms with van der Waals surface area (Å²) in [6.45, 7) is 1.13. The molecular formula is C28H26ClFN10O5. The van der Waals surface area contributed by atoms with Gasteiger partial charge in [-0.25, -0.2) is 19.7 Å². The Hall–Kier alpha value is -5.06. The number of aryl methyl sites for hydroxylation is 1. The second-order valence-electron chi connectivity index (χ2n) is 9.82. The van der Waals surface area contributed by atoms with Gasteiger partial charge in [-0.05, 0) is 47.2 Å². The largest absolute Gasteiger partial charge is 0.447 e. The number of hydrogen-bond acceptors (Lipinski definition) is 11. The molecule has 0 aliphatic carbocycles. The van der Waals surface area contributed by atoms with Gasteiger partial charge in [-0.15, -0.1) is 5.10 Å². The Morgan fingerprint density at radius 2 is 2.02 bits per heavy atom. The van der Waals surface area contributed by atoms with E-state index in [1.54, 1.807) is 31.4 Å². The van der Waals surface area contributed by atoms with E-state index in [9.17, 15) is 9.59 Å². The molecular weight excluding hydrogens is 611 g/mol. The van der Waals surface area contributed by atoms with Gasteiger partial charge in [-0.3, -0.25) is 14.7 Å². The molecule has 1 unspecified atom stereocenters. The van der Waals surface area contributed by atoms with Gasteiger partial charge >= 0.3 is 6.09 Å². The third-order valence-electron chi connectivity index (χ3n) is 6.98. The highest BCUT2D eigenvalue weighted by Gasteiger charge is 2.30. The summed E-state index contributed by atoms with van der Waals surface area (Å²) in [6.07, 6.45) is 3.06. The number of tetrazole rings is 1. The smallest absolute Gasteiger partial charge is 0.412 e. The third-order valence-corrected chi connectivity index (χ3v) is 7.21. The monoisotopic (exact) mass is 636 g/mol. The van der Waals surface area contributed by atoms with Crippen LogP contribution in [-0.2, 0) is 20.6 Å². The molecule has 45 heavy (non-hydrogen) atoms. The number of rotatable bonds is 11. The molecule has 17 heteroatoms. The van der Waals surface area contributed by atoms with Gasteiger partial charge in [-0.1, -0.05) is 11.6 Å². The van der Waals surface area contributed by atoms with Crippen molar-refractivity contribution in [2.24, 2.45) is 0 Å². The van der Waals surface area contributed by atoms with Crippen LogP contribution in [0.3, 0.4) is 0 Å². The van der Waals surface area contributed by atoms with Crippen LogP contribution < -0.4 is 10.9 Å². The highest BCUT2D eigenvalue weighted by atomic mass is 35.5. The molecule has 1 atom stereocenters. The van der Waals surface area contributed by atoms with Crippen LogP contribution in [0.15, 0.2) is 53.7 Å². The summed E-state index contributed by atoms with van der Waals surface area (Å²) in [4.78, 5) is 41.4. The number of pyridine rings is 1. The molecule has 2 N–H and O–H groups in total. The molecule has 1 aromatic carbocycles. The van der Waals surface area contributed by atoms with Gasteiger partial charge in [0.25, 0.3) is 5.56 Å². The number of benzene rings is 1. The van der Waals surface area contributed by atoms with Crippen molar-refractivity contribution in [3.05, 3.63) is 81.9 Å². The van der Waals surface area contributed by atoms with E-state index in [1.807, 2.05) is 0 Å². The molecule has 0 spiro atoms. The lowest BCUT2D eigenvalue weighted by Gasteiger charge is -2.14. The van der Waals surface area contributed by atoms with E-state index in [0.717, 1.165) is 0 Å². The lowest BCUT2D eigenvalue weighted by molar-refractivity contribution is 0.0447. The Morgan fingerprint density at radius 3 is 2.80 bits per heavy atom. The Morgan fingerprint density at radius 1 is 1.16 bits per heavy atom. The average molecular weight is 637 g/mol. The maximum atomic E-state index is 15.1. The molecule has 1 amide bonds. The van der Waals surface area contributed by atoms with Crippen molar-refractivity contribution in [1.29, 1.82) is 0 Å². The highest BCUT2D eigenvalue weighted by molar-refractivity contribution is 6.31. The molecule has 0 saturated carbocycles. The van der Waals surface area contributed by atoms with E-state index in [0.29, 0.717) is 59.4 Å². The summed E-state index contributed by atoms with van der Waals surface area (Å²) < 4.78 is 33.2. The zero-order valence-electron chi connectivity index (χ0n) is 23.8. The Balaban J connectivity index is 1.17. The Kier molecular flexibility index (Phi) is 8.86. The van der Waals surface area contributed by atoms with Crippen LogP contribution in [0.2, 0.25) is 5.02 Å². The summed E-state index contributed by atoms with van der Waals surface area (Å²) >= 11 is 6.27. The number of aromatic amines is 1. The van der Waals surface area contributed by atoms with E-state index in [4.69, 9.17) is 30.8 Å². The number of fused-ring (bicyclic) bond motifs is 1. The van der Waals surface area contributed by atoms with Crippen molar-refractivity contribution in [3.8, 4) is 28.2 Å². The molecule has 0 radical (unpaired) electrons. The number of methoxy groups -OCH3 is 1. The fraction of sp³-hybridized carbons (Fsp3) is 0.286. The number of amides is 1. The van der Waals surface area contributed by atoms with Crippen LogP contribution in [0, 0.1) is 5.95 Å². The van der Waals surface area contributed by atoms with Crippen molar-refractivity contribution in [2.45, 2.75) is 18.9 Å². The van der Waals surface area contributed by atoms with Gasteiger partial charge in [0, 0.05) is 41.9 Å². The van der Waals surface area contributed by atoms with Crippen LogP contribution in [0.25, 0.3) is 28.2 Å². The molecule has 0 bridgehead atoms. The number of nitrogens with zero attached hydrogens (tertiary/aromatic N) is 8. The quantitative estimate of drug-likeness (QED) is 0.204. The lowest BCUT2D eigenvalue weighted by atomic mass is 10.1. The minimum atomic E-state index is -0.753. The van der Waals surface area contributed by atoms with Gasteiger partial charge in [0.05, 0.1) is 37.2 Å². The average Bonchev–Trinajstić information content (AvgIpc) is 3.80. The standard InChI is InChI=1S/C28H26ClFN10O5/c1-43-8-9-44-10-11-45-28(42)34-22-6-2-16(14-31-22)25-26(30)36-27(35-25)21-5-7-23-33-19(13-24(41)40(21)23)18-12-17(29)3-4-20(18)39-15-32-37-38-39/h2-4,6,12-15,21H,5,7-11H2,1H3,(H,35,36)(H,31,34,42). The van der Waals surface area contributed by atoms with E-state index >= 15 is 4.39 Å². The fourth-order valence-corrected chi connectivity index (χ4v) is 5.11. The summed E-state index contributed by atoms with van der Waals surface area (Å²) in [7, 11) is 1.56. The zero-order valence-corrected chi connectivity index (χ0v) is 24.6. The first-order valence-electron chi connectivity index (χ1n) is 13.8. The first-order valence-corrected chi connectivity index (χ1v) is 14.2. The van der Waals surface area contributed by atoms with E-state index in [-0.39, 0.29) is 36.1 Å². The Bertz CT molecular complexity index is 1860. The number of anilines is 1. The molecule has 5 aromatic rings. The fourth-order valence-electron chi connectivity index (χ4n) is 4.94. The van der Waals surface area contributed by atoms with Gasteiger partial charge in [0.1, 0.15) is 36.1 Å². The number of H-pyrrole nitrogens is 1. The molecule has 4 aromatic heterocycles. The maximum Gasteiger partial charge on any atom is 0.412 e. The minimum absolute atomic E-state index is 0.0579. The minimum Gasteiger partial charge on any atom is -0.447 e. The number of imidazole rings is 1. The van der Waals surface area contributed by atoms with Crippen molar-refractivity contribution < 1.29 is 23.4 Å². The summed E-state index contributed by atoms with van der Waals surface area (Å²) in [5.41, 5.74) is 1.75. The summed E-state index contributed by atoms with van der Waals surface area (Å²) in [6, 6.07) is 9.05. The number of carbonyl (C=O) groups is 1. The molecule has 232 valence electrons. The van der Waals surface area contributed by atoms with Crippen LogP contribution in [0.1, 0.15) is 24.1 Å². The van der Waals surface area contributed by atoms with Crippen molar-refractivity contribution in [1.82, 2.24) is 44.7 Å². The van der Waals surface area contributed by atoms with E-state index in [2.05, 4.69) is 35.8 Å². The predicted molar refractivity (Wildman–Crippen MR) is 158 cm³/mol. The first kappa shape index (κ1) is 30.0. The number of nitrogens with one attached hydrogen (secondary N) is 2.